The highest BCUT2D eigenvalue weighted by molar-refractivity contribution is 7.91. The van der Waals surface area contributed by atoms with Gasteiger partial charge in [-0.15, -0.1) is 0 Å². The van der Waals surface area contributed by atoms with Crippen molar-refractivity contribution >= 4 is 28.7 Å². The van der Waals surface area contributed by atoms with Crippen LogP contribution in [0.5, 0.6) is 5.75 Å². The molecule has 1 aromatic carbocycles. The average Bonchev–Trinajstić information content (AvgIpc) is 2.71. The number of amides is 1. The van der Waals surface area contributed by atoms with Crippen LogP contribution in [0.15, 0.2) is 18.2 Å². The van der Waals surface area contributed by atoms with Crippen LogP contribution in [0.25, 0.3) is 0 Å². The van der Waals surface area contributed by atoms with E-state index in [9.17, 15) is 9.35 Å². The Labute approximate surface area is 187 Å². The van der Waals surface area contributed by atoms with Crippen LogP contribution >= 0.6 is 11.6 Å². The molecule has 5 rings (SSSR count). The fourth-order valence-corrected chi connectivity index (χ4v) is 7.35. The van der Waals surface area contributed by atoms with Crippen molar-refractivity contribution in [1.82, 2.24) is 5.32 Å². The van der Waals surface area contributed by atoms with Gasteiger partial charge in [-0.2, -0.15) is 0 Å². The van der Waals surface area contributed by atoms with Gasteiger partial charge >= 0.3 is 0 Å². The number of halogens is 1. The summed E-state index contributed by atoms with van der Waals surface area (Å²) in [5.41, 5.74) is 0.712. The molecular formula is C23H32ClNO4S. The van der Waals surface area contributed by atoms with E-state index >= 15 is 0 Å². The molecule has 4 fully saturated rings. The van der Waals surface area contributed by atoms with Gasteiger partial charge in [0.05, 0.1) is 10.6 Å². The standard InChI is InChI=1S/C23H32ClNO4S/c24-21-3-2-19(29-5-7-30(28)6-1-4-26)11-20(21)22(27)25-15-23-12-16-8-17(13-23)10-18(9-16)14-23/h2-3,11,16-18,26H,1,4-10,12-15H2,(H,25,27). The molecule has 166 valence electrons. The maximum atomic E-state index is 12.9. The minimum Gasteiger partial charge on any atom is -0.616 e. The Morgan fingerprint density at radius 2 is 1.87 bits per heavy atom. The second kappa shape index (κ2) is 9.68. The summed E-state index contributed by atoms with van der Waals surface area (Å²) in [4.78, 5) is 12.9. The van der Waals surface area contributed by atoms with Crippen LogP contribution in [-0.2, 0) is 11.2 Å². The molecule has 1 unspecified atom stereocenters. The zero-order chi connectivity index (χ0) is 21.1. The molecule has 0 spiro atoms. The summed E-state index contributed by atoms with van der Waals surface area (Å²) in [5.74, 6) is 3.85. The van der Waals surface area contributed by atoms with Gasteiger partial charge < -0.3 is 19.7 Å². The SMILES string of the molecule is O=C(NCC12CC3CC(CC(C3)C1)C2)c1cc(OCC[S+]([O-])CCCO)ccc1Cl. The summed E-state index contributed by atoms with van der Waals surface area (Å²) in [7, 11) is 0. The lowest BCUT2D eigenvalue weighted by Crippen LogP contribution is -2.51. The van der Waals surface area contributed by atoms with Gasteiger partial charge in [0.2, 0.25) is 0 Å². The predicted molar refractivity (Wildman–Crippen MR) is 119 cm³/mol. The van der Waals surface area contributed by atoms with Gasteiger partial charge in [-0.25, -0.2) is 0 Å². The number of ether oxygens (including phenoxy) is 1. The molecule has 30 heavy (non-hydrogen) atoms. The van der Waals surface area contributed by atoms with Crippen LogP contribution in [0.3, 0.4) is 0 Å². The monoisotopic (exact) mass is 453 g/mol. The van der Waals surface area contributed by atoms with Gasteiger partial charge in [-0.3, -0.25) is 4.79 Å². The van der Waals surface area contributed by atoms with Crippen molar-refractivity contribution < 1.29 is 19.2 Å². The Morgan fingerprint density at radius 3 is 2.50 bits per heavy atom. The lowest BCUT2D eigenvalue weighted by Gasteiger charge is -2.56. The largest absolute Gasteiger partial charge is 0.616 e. The van der Waals surface area contributed by atoms with E-state index < -0.39 is 11.2 Å². The highest BCUT2D eigenvalue weighted by Crippen LogP contribution is 2.59. The third kappa shape index (κ3) is 5.26. The molecule has 0 saturated heterocycles. The molecule has 0 aromatic heterocycles. The maximum Gasteiger partial charge on any atom is 0.252 e. The van der Waals surface area contributed by atoms with E-state index in [-0.39, 0.29) is 17.9 Å². The Kier molecular flexibility index (Phi) is 7.18. The Morgan fingerprint density at radius 1 is 1.20 bits per heavy atom. The number of carbonyl (C=O) groups excluding carboxylic acids is 1. The minimum absolute atomic E-state index is 0.0471. The summed E-state index contributed by atoms with van der Waals surface area (Å²) in [6.07, 6.45) is 8.47. The topological polar surface area (TPSA) is 81.6 Å². The van der Waals surface area contributed by atoms with E-state index in [1.54, 1.807) is 18.2 Å². The molecular weight excluding hydrogens is 422 g/mol. The summed E-state index contributed by atoms with van der Waals surface area (Å²) in [5, 5.41) is 12.4. The first-order valence-corrected chi connectivity index (χ1v) is 13.0. The smallest absolute Gasteiger partial charge is 0.252 e. The molecule has 1 atom stereocenters. The summed E-state index contributed by atoms with van der Waals surface area (Å²) < 4.78 is 17.5. The predicted octanol–water partition coefficient (Wildman–Crippen LogP) is 3.80. The van der Waals surface area contributed by atoms with E-state index in [1.807, 2.05) is 0 Å². The van der Waals surface area contributed by atoms with Gasteiger partial charge in [0, 0.05) is 19.6 Å². The van der Waals surface area contributed by atoms with E-state index in [4.69, 9.17) is 21.4 Å². The molecule has 2 N–H and O–H groups in total. The zero-order valence-electron chi connectivity index (χ0n) is 17.4. The normalized spacial score (nSPS) is 30.3. The van der Waals surface area contributed by atoms with Crippen LogP contribution in [0.2, 0.25) is 5.02 Å². The van der Waals surface area contributed by atoms with Gasteiger partial charge in [-0.1, -0.05) is 22.8 Å². The second-order valence-electron chi connectivity index (χ2n) is 9.52. The van der Waals surface area contributed by atoms with Crippen LogP contribution in [0, 0.1) is 23.2 Å². The number of carbonyl (C=O) groups is 1. The minimum atomic E-state index is -1.01. The fraction of sp³-hybridized carbons (Fsp3) is 0.696. The second-order valence-corrected chi connectivity index (χ2v) is 11.6. The van der Waals surface area contributed by atoms with E-state index in [1.165, 1.54) is 38.5 Å². The van der Waals surface area contributed by atoms with Gasteiger partial charge in [-0.05, 0) is 79.9 Å². The van der Waals surface area contributed by atoms with Gasteiger partial charge in [0.1, 0.15) is 23.9 Å². The lowest BCUT2D eigenvalue weighted by atomic mass is 9.49. The number of aliphatic hydroxyl groups excluding tert-OH is 1. The molecule has 4 aliphatic carbocycles. The van der Waals surface area contributed by atoms with Crippen molar-refractivity contribution in [2.24, 2.45) is 23.2 Å². The number of nitrogens with one attached hydrogen (secondary N) is 1. The van der Waals surface area contributed by atoms with Crippen molar-refractivity contribution in [3.8, 4) is 5.75 Å². The first-order valence-electron chi connectivity index (χ1n) is 11.1. The Balaban J connectivity index is 1.31. The maximum absolute atomic E-state index is 12.9. The van der Waals surface area contributed by atoms with E-state index in [2.05, 4.69) is 5.32 Å². The number of benzene rings is 1. The van der Waals surface area contributed by atoms with Crippen LogP contribution < -0.4 is 10.1 Å². The molecule has 4 aliphatic rings. The van der Waals surface area contributed by atoms with Crippen LogP contribution in [0.1, 0.15) is 55.3 Å². The van der Waals surface area contributed by atoms with Crippen LogP contribution in [0.4, 0.5) is 0 Å². The molecule has 0 heterocycles. The Bertz CT molecular complexity index is 723. The molecule has 0 radical (unpaired) electrons. The molecule has 1 aromatic rings. The highest BCUT2D eigenvalue weighted by Gasteiger charge is 2.50. The number of hydrogen-bond donors (Lipinski definition) is 2. The van der Waals surface area contributed by atoms with Crippen molar-refractivity contribution in [3.05, 3.63) is 28.8 Å². The highest BCUT2D eigenvalue weighted by atomic mass is 35.5. The molecule has 5 nitrogen and oxygen atoms in total. The molecule has 1 amide bonds. The molecule has 4 bridgehead atoms. The van der Waals surface area contributed by atoms with Crippen molar-refractivity contribution in [2.45, 2.75) is 44.9 Å². The third-order valence-electron chi connectivity index (χ3n) is 7.08. The van der Waals surface area contributed by atoms with Crippen molar-refractivity contribution in [2.75, 3.05) is 31.3 Å². The average molecular weight is 454 g/mol. The number of aliphatic hydroxyl groups is 1. The lowest BCUT2D eigenvalue weighted by molar-refractivity contribution is -0.0503. The molecule has 4 saturated carbocycles. The summed E-state index contributed by atoms with van der Waals surface area (Å²) >= 11 is 5.29. The van der Waals surface area contributed by atoms with Crippen molar-refractivity contribution in [3.63, 3.8) is 0 Å². The molecule has 7 heteroatoms. The summed E-state index contributed by atoms with van der Waals surface area (Å²) in [6.45, 7) is 1.08. The number of hydrogen-bond acceptors (Lipinski definition) is 4. The first kappa shape index (κ1) is 22.3. The van der Waals surface area contributed by atoms with E-state index in [0.717, 1.165) is 24.3 Å². The zero-order valence-corrected chi connectivity index (χ0v) is 19.0. The quantitative estimate of drug-likeness (QED) is 0.528. The van der Waals surface area contributed by atoms with E-state index in [0.29, 0.717) is 40.9 Å². The third-order valence-corrected chi connectivity index (χ3v) is 8.78. The fourth-order valence-electron chi connectivity index (χ4n) is 6.22. The van der Waals surface area contributed by atoms with Crippen molar-refractivity contribution in [1.29, 1.82) is 0 Å². The van der Waals surface area contributed by atoms with Gasteiger partial charge in [0.15, 0.2) is 0 Å². The van der Waals surface area contributed by atoms with Gasteiger partial charge in [0.25, 0.3) is 5.91 Å². The van der Waals surface area contributed by atoms with Crippen LogP contribution in [-0.4, -0.2) is 46.8 Å². The first-order chi connectivity index (χ1) is 14.5. The Hall–Kier alpha value is -0.950. The number of rotatable bonds is 10. The molecule has 0 aliphatic heterocycles. The summed E-state index contributed by atoms with van der Waals surface area (Å²) in [6, 6.07) is 5.09.